The Morgan fingerprint density at radius 3 is 2.84 bits per heavy atom. The molecule has 3 aromatic rings. The minimum Gasteiger partial charge on any atom is -0.465 e. The average Bonchev–Trinajstić information content (AvgIpc) is 3.31. The van der Waals surface area contributed by atoms with E-state index in [0.717, 1.165) is 18.5 Å². The van der Waals surface area contributed by atoms with E-state index in [9.17, 15) is 9.59 Å². The summed E-state index contributed by atoms with van der Waals surface area (Å²) in [7, 11) is 0. The van der Waals surface area contributed by atoms with Crippen molar-refractivity contribution in [3.8, 4) is 5.69 Å². The molecule has 0 saturated heterocycles. The number of amides is 1. The van der Waals surface area contributed by atoms with Crippen LogP contribution in [0, 0.1) is 0 Å². The average molecular weight is 498 g/mol. The summed E-state index contributed by atoms with van der Waals surface area (Å²) in [5.74, 6) is -0.274. The fourth-order valence-electron chi connectivity index (χ4n) is 2.93. The third kappa shape index (κ3) is 5.20. The van der Waals surface area contributed by atoms with Gasteiger partial charge in [-0.3, -0.25) is 14.9 Å². The van der Waals surface area contributed by atoms with Crippen molar-refractivity contribution in [1.29, 1.82) is 0 Å². The standard InChI is InChI=1S/C19H17Cl2N5O3S2/c1-2-29-15(27)9-30-19-25-24-18(31-19)23-17(28)12-8-22-26(16(12)10-3-4-10)14-6-5-11(20)7-13(14)21/h5-8,10H,2-4,9H2,1H3,(H,23,24,28). The van der Waals surface area contributed by atoms with Crippen LogP contribution in [0.5, 0.6) is 0 Å². The minimum atomic E-state index is -0.323. The first-order valence-electron chi connectivity index (χ1n) is 9.43. The Morgan fingerprint density at radius 1 is 1.32 bits per heavy atom. The topological polar surface area (TPSA) is 99.0 Å². The Kier molecular flexibility index (Phi) is 6.80. The molecule has 1 saturated carbocycles. The Labute approximate surface area is 196 Å². The van der Waals surface area contributed by atoms with Crippen LogP contribution >= 0.6 is 46.3 Å². The number of rotatable bonds is 8. The molecule has 8 nitrogen and oxygen atoms in total. The van der Waals surface area contributed by atoms with Crippen LogP contribution in [0.1, 0.15) is 41.7 Å². The normalized spacial score (nSPS) is 13.3. The van der Waals surface area contributed by atoms with Crippen molar-refractivity contribution < 1.29 is 14.3 Å². The number of carbonyl (C=O) groups is 2. The van der Waals surface area contributed by atoms with Crippen molar-refractivity contribution in [2.75, 3.05) is 17.7 Å². The van der Waals surface area contributed by atoms with Gasteiger partial charge in [0.1, 0.15) is 0 Å². The molecule has 1 N–H and O–H groups in total. The number of aromatic nitrogens is 4. The monoisotopic (exact) mass is 497 g/mol. The third-order valence-corrected chi connectivity index (χ3v) is 6.88. The van der Waals surface area contributed by atoms with Crippen LogP contribution in [0.15, 0.2) is 28.7 Å². The Balaban J connectivity index is 1.51. The number of halogens is 2. The number of hydrogen-bond donors (Lipinski definition) is 1. The lowest BCUT2D eigenvalue weighted by Gasteiger charge is -2.10. The SMILES string of the molecule is CCOC(=O)CSc1nnc(NC(=O)c2cnn(-c3ccc(Cl)cc3Cl)c2C2CC2)s1. The number of nitrogens with zero attached hydrogens (tertiary/aromatic N) is 4. The second-order valence-corrected chi connectivity index (χ2v) is 9.69. The molecule has 1 aliphatic carbocycles. The van der Waals surface area contributed by atoms with E-state index >= 15 is 0 Å². The van der Waals surface area contributed by atoms with E-state index < -0.39 is 0 Å². The van der Waals surface area contributed by atoms with E-state index in [0.29, 0.717) is 37.4 Å². The Morgan fingerprint density at radius 2 is 2.13 bits per heavy atom. The van der Waals surface area contributed by atoms with Gasteiger partial charge in [-0.2, -0.15) is 5.10 Å². The number of esters is 1. The van der Waals surface area contributed by atoms with E-state index in [1.54, 1.807) is 29.8 Å². The third-order valence-electron chi connectivity index (χ3n) is 4.40. The lowest BCUT2D eigenvalue weighted by Crippen LogP contribution is -2.14. The van der Waals surface area contributed by atoms with Crippen LogP contribution in [0.4, 0.5) is 5.13 Å². The fourth-order valence-corrected chi connectivity index (χ4v) is 4.97. The molecule has 2 heterocycles. The first-order valence-corrected chi connectivity index (χ1v) is 12.0. The van der Waals surface area contributed by atoms with Gasteiger partial charge in [0.2, 0.25) is 5.13 Å². The summed E-state index contributed by atoms with van der Waals surface area (Å²) in [6.07, 6.45) is 3.49. The first-order chi connectivity index (χ1) is 15.0. The van der Waals surface area contributed by atoms with Crippen molar-refractivity contribution >= 4 is 63.3 Å². The van der Waals surface area contributed by atoms with Crippen LogP contribution in [-0.4, -0.2) is 44.2 Å². The molecule has 1 fully saturated rings. The van der Waals surface area contributed by atoms with Gasteiger partial charge < -0.3 is 4.74 Å². The van der Waals surface area contributed by atoms with Crippen molar-refractivity contribution in [2.24, 2.45) is 0 Å². The molecule has 1 amide bonds. The molecular weight excluding hydrogens is 481 g/mol. The summed E-state index contributed by atoms with van der Waals surface area (Å²) in [4.78, 5) is 24.4. The minimum absolute atomic E-state index is 0.136. The molecule has 0 aliphatic heterocycles. The molecule has 4 rings (SSSR count). The first kappa shape index (κ1) is 22.1. The molecule has 1 aromatic carbocycles. The summed E-state index contributed by atoms with van der Waals surface area (Å²) in [6.45, 7) is 2.08. The lowest BCUT2D eigenvalue weighted by atomic mass is 10.1. The molecule has 0 spiro atoms. The van der Waals surface area contributed by atoms with Crippen LogP contribution in [-0.2, 0) is 9.53 Å². The molecule has 0 atom stereocenters. The molecule has 162 valence electrons. The quantitative estimate of drug-likeness (QED) is 0.270. The number of anilines is 1. The van der Waals surface area contributed by atoms with E-state index in [-0.39, 0.29) is 23.5 Å². The number of benzene rings is 1. The predicted molar refractivity (Wildman–Crippen MR) is 121 cm³/mol. The zero-order valence-corrected chi connectivity index (χ0v) is 19.4. The van der Waals surface area contributed by atoms with Crippen molar-refractivity contribution in [3.05, 3.63) is 45.7 Å². The Hall–Kier alpha value is -2.14. The molecular formula is C19H17Cl2N5O3S2. The number of ether oxygens (including phenoxy) is 1. The van der Waals surface area contributed by atoms with Gasteiger partial charge in [-0.05, 0) is 38.0 Å². The number of nitrogens with one attached hydrogen (secondary N) is 1. The zero-order valence-electron chi connectivity index (χ0n) is 16.3. The summed E-state index contributed by atoms with van der Waals surface area (Å²) in [5.41, 5.74) is 1.94. The maximum absolute atomic E-state index is 13.0. The highest BCUT2D eigenvalue weighted by atomic mass is 35.5. The van der Waals surface area contributed by atoms with Crippen LogP contribution in [0.25, 0.3) is 5.69 Å². The molecule has 12 heteroatoms. The maximum atomic E-state index is 13.0. The summed E-state index contributed by atoms with van der Waals surface area (Å²) >= 11 is 14.8. The van der Waals surface area contributed by atoms with Gasteiger partial charge in [-0.1, -0.05) is 46.3 Å². The lowest BCUT2D eigenvalue weighted by molar-refractivity contribution is -0.139. The largest absolute Gasteiger partial charge is 0.465 e. The van der Waals surface area contributed by atoms with Crippen LogP contribution in [0.3, 0.4) is 0 Å². The predicted octanol–water partition coefficient (Wildman–Crippen LogP) is 4.82. The highest BCUT2D eigenvalue weighted by Gasteiger charge is 2.33. The molecule has 0 bridgehead atoms. The number of hydrogen-bond acceptors (Lipinski definition) is 8. The smallest absolute Gasteiger partial charge is 0.316 e. The van der Waals surface area contributed by atoms with Gasteiger partial charge in [0.15, 0.2) is 4.34 Å². The Bertz CT molecular complexity index is 1130. The van der Waals surface area contributed by atoms with Gasteiger partial charge in [-0.25, -0.2) is 4.68 Å². The maximum Gasteiger partial charge on any atom is 0.316 e. The van der Waals surface area contributed by atoms with E-state index in [1.807, 2.05) is 0 Å². The highest BCUT2D eigenvalue weighted by molar-refractivity contribution is 8.01. The van der Waals surface area contributed by atoms with Gasteiger partial charge in [0.25, 0.3) is 5.91 Å². The van der Waals surface area contributed by atoms with Gasteiger partial charge in [0.05, 0.1) is 40.5 Å². The fraction of sp³-hybridized carbons (Fsp3) is 0.316. The van der Waals surface area contributed by atoms with Gasteiger partial charge in [0, 0.05) is 10.9 Å². The zero-order chi connectivity index (χ0) is 22.0. The van der Waals surface area contributed by atoms with Gasteiger partial charge >= 0.3 is 5.97 Å². The molecule has 0 unspecified atom stereocenters. The molecule has 31 heavy (non-hydrogen) atoms. The number of thioether (sulfide) groups is 1. The number of carbonyl (C=O) groups excluding carboxylic acids is 2. The summed E-state index contributed by atoms with van der Waals surface area (Å²) in [6, 6.07) is 5.16. The van der Waals surface area contributed by atoms with E-state index in [1.165, 1.54) is 29.3 Å². The molecule has 0 radical (unpaired) electrons. The van der Waals surface area contributed by atoms with Gasteiger partial charge in [-0.15, -0.1) is 10.2 Å². The van der Waals surface area contributed by atoms with Crippen molar-refractivity contribution in [2.45, 2.75) is 30.0 Å². The van der Waals surface area contributed by atoms with E-state index in [4.69, 9.17) is 27.9 Å². The second kappa shape index (κ2) is 9.56. The van der Waals surface area contributed by atoms with Crippen molar-refractivity contribution in [1.82, 2.24) is 20.0 Å². The van der Waals surface area contributed by atoms with Crippen LogP contribution in [0.2, 0.25) is 10.0 Å². The van der Waals surface area contributed by atoms with E-state index in [2.05, 4.69) is 20.6 Å². The second-order valence-electron chi connectivity index (χ2n) is 6.65. The molecule has 1 aliphatic rings. The molecule has 2 aromatic heterocycles. The van der Waals surface area contributed by atoms with Crippen LogP contribution < -0.4 is 5.32 Å². The highest BCUT2D eigenvalue weighted by Crippen LogP contribution is 2.43. The van der Waals surface area contributed by atoms with Crippen molar-refractivity contribution in [3.63, 3.8) is 0 Å². The summed E-state index contributed by atoms with van der Waals surface area (Å²) in [5, 5.41) is 16.5. The summed E-state index contributed by atoms with van der Waals surface area (Å²) < 4.78 is 7.15.